The van der Waals surface area contributed by atoms with E-state index in [0.29, 0.717) is 16.5 Å². The maximum atomic E-state index is 6.23. The number of methoxy groups -OCH3 is 1. The highest BCUT2D eigenvalue weighted by molar-refractivity contribution is 6.35. The second-order valence-corrected chi connectivity index (χ2v) is 5.73. The number of hydrogen-bond acceptors (Lipinski definition) is 3. The molecule has 0 aliphatic carbocycles. The predicted molar refractivity (Wildman–Crippen MR) is 88.0 cm³/mol. The smallest absolute Gasteiger partial charge is 0.119 e. The summed E-state index contributed by atoms with van der Waals surface area (Å²) in [6.07, 6.45) is 0.680. The van der Waals surface area contributed by atoms with Gasteiger partial charge in [-0.15, -0.1) is 0 Å². The van der Waals surface area contributed by atoms with Gasteiger partial charge in [0.25, 0.3) is 0 Å². The molecule has 0 fully saturated rings. The van der Waals surface area contributed by atoms with Gasteiger partial charge >= 0.3 is 0 Å². The third kappa shape index (κ3) is 3.89. The summed E-state index contributed by atoms with van der Waals surface area (Å²) in [4.78, 5) is 0. The lowest BCUT2D eigenvalue weighted by Crippen LogP contribution is -2.30. The second kappa shape index (κ2) is 7.14. The van der Waals surface area contributed by atoms with E-state index in [-0.39, 0.29) is 6.04 Å². The molecule has 0 aliphatic rings. The molecule has 21 heavy (non-hydrogen) atoms. The quantitative estimate of drug-likeness (QED) is 0.644. The van der Waals surface area contributed by atoms with Crippen molar-refractivity contribution < 1.29 is 4.74 Å². The van der Waals surface area contributed by atoms with Crippen LogP contribution in [-0.4, -0.2) is 7.11 Å². The van der Waals surface area contributed by atoms with Crippen LogP contribution in [0.25, 0.3) is 0 Å². The molecule has 3 nitrogen and oxygen atoms in total. The molecule has 0 spiro atoms. The zero-order valence-electron chi connectivity index (χ0n) is 12.0. The van der Waals surface area contributed by atoms with Crippen LogP contribution < -0.4 is 16.0 Å². The molecule has 2 aromatic rings. The molecule has 1 unspecified atom stereocenters. The first kappa shape index (κ1) is 16.1. The number of hydrazine groups is 1. The second-order valence-electron chi connectivity index (χ2n) is 4.88. The lowest BCUT2D eigenvalue weighted by atomic mass is 9.95. The van der Waals surface area contributed by atoms with Crippen molar-refractivity contribution in [3.63, 3.8) is 0 Å². The summed E-state index contributed by atoms with van der Waals surface area (Å²) in [6.45, 7) is 2.03. The van der Waals surface area contributed by atoms with Gasteiger partial charge in [-0.1, -0.05) is 35.3 Å². The maximum absolute atomic E-state index is 6.23. The van der Waals surface area contributed by atoms with Crippen LogP contribution in [0.4, 0.5) is 0 Å². The number of halogens is 2. The fraction of sp³-hybridized carbons (Fsp3) is 0.250. The van der Waals surface area contributed by atoms with E-state index in [9.17, 15) is 0 Å². The van der Waals surface area contributed by atoms with E-state index in [4.69, 9.17) is 33.8 Å². The molecule has 0 aliphatic heterocycles. The lowest BCUT2D eigenvalue weighted by molar-refractivity contribution is 0.414. The summed E-state index contributed by atoms with van der Waals surface area (Å²) < 4.78 is 5.23. The number of nitrogens with two attached hydrogens (primary N) is 1. The summed E-state index contributed by atoms with van der Waals surface area (Å²) >= 11 is 12.2. The van der Waals surface area contributed by atoms with Crippen molar-refractivity contribution in [3.05, 3.63) is 63.1 Å². The van der Waals surface area contributed by atoms with Gasteiger partial charge < -0.3 is 4.74 Å². The van der Waals surface area contributed by atoms with Crippen LogP contribution in [0.2, 0.25) is 10.0 Å². The molecule has 0 saturated carbocycles. The van der Waals surface area contributed by atoms with Crippen LogP contribution in [0.15, 0.2) is 36.4 Å². The highest BCUT2D eigenvalue weighted by Crippen LogP contribution is 2.28. The van der Waals surface area contributed by atoms with Crippen LogP contribution >= 0.6 is 23.2 Å². The Hall–Kier alpha value is -1.26. The molecule has 0 bridgehead atoms. The van der Waals surface area contributed by atoms with E-state index in [1.54, 1.807) is 13.2 Å². The molecule has 112 valence electrons. The topological polar surface area (TPSA) is 47.3 Å². The van der Waals surface area contributed by atoms with Gasteiger partial charge in [-0.3, -0.25) is 11.3 Å². The third-order valence-electron chi connectivity index (χ3n) is 3.49. The van der Waals surface area contributed by atoms with Crippen molar-refractivity contribution >= 4 is 23.2 Å². The van der Waals surface area contributed by atoms with Gasteiger partial charge in [0.05, 0.1) is 13.2 Å². The van der Waals surface area contributed by atoms with E-state index in [1.807, 2.05) is 37.3 Å². The normalized spacial score (nSPS) is 12.2. The van der Waals surface area contributed by atoms with E-state index in [1.165, 1.54) is 0 Å². The molecule has 2 aromatic carbocycles. The lowest BCUT2D eigenvalue weighted by Gasteiger charge is -2.20. The Morgan fingerprint density at radius 1 is 1.19 bits per heavy atom. The third-order valence-corrected chi connectivity index (χ3v) is 4.08. The highest BCUT2D eigenvalue weighted by Gasteiger charge is 2.15. The van der Waals surface area contributed by atoms with Gasteiger partial charge in [-0.2, -0.15) is 0 Å². The fourth-order valence-corrected chi connectivity index (χ4v) is 2.82. The van der Waals surface area contributed by atoms with Crippen molar-refractivity contribution in [2.45, 2.75) is 19.4 Å². The summed E-state index contributed by atoms with van der Waals surface area (Å²) in [5.74, 6) is 6.55. The highest BCUT2D eigenvalue weighted by atomic mass is 35.5. The molecular formula is C16H18Cl2N2O. The number of hydrogen-bond donors (Lipinski definition) is 2. The Bertz CT molecular complexity index is 632. The monoisotopic (exact) mass is 324 g/mol. The molecule has 0 heterocycles. The number of aryl methyl sites for hydroxylation is 1. The van der Waals surface area contributed by atoms with Crippen molar-refractivity contribution in [3.8, 4) is 5.75 Å². The van der Waals surface area contributed by atoms with E-state index < -0.39 is 0 Å². The van der Waals surface area contributed by atoms with Crippen LogP contribution in [0.1, 0.15) is 22.7 Å². The van der Waals surface area contributed by atoms with Crippen molar-refractivity contribution in [2.75, 3.05) is 7.11 Å². The zero-order chi connectivity index (χ0) is 15.4. The molecule has 3 N–H and O–H groups in total. The molecule has 1 atom stereocenters. The Balaban J connectivity index is 2.27. The minimum atomic E-state index is -0.0328. The number of nitrogens with one attached hydrogen (secondary N) is 1. The summed E-state index contributed by atoms with van der Waals surface area (Å²) in [5, 5.41) is 1.27. The molecule has 0 aromatic heterocycles. The van der Waals surface area contributed by atoms with E-state index in [0.717, 1.165) is 22.4 Å². The maximum Gasteiger partial charge on any atom is 0.119 e. The van der Waals surface area contributed by atoms with Crippen LogP contribution in [0.3, 0.4) is 0 Å². The molecule has 0 radical (unpaired) electrons. The van der Waals surface area contributed by atoms with Crippen molar-refractivity contribution in [1.29, 1.82) is 0 Å². The molecule has 0 saturated heterocycles. The average Bonchev–Trinajstić information content (AvgIpc) is 2.47. The molecular weight excluding hydrogens is 307 g/mol. The minimum Gasteiger partial charge on any atom is -0.497 e. The van der Waals surface area contributed by atoms with Gasteiger partial charge in [-0.05, 0) is 54.3 Å². The number of ether oxygens (including phenoxy) is 1. The van der Waals surface area contributed by atoms with Gasteiger partial charge in [0, 0.05) is 10.0 Å². The minimum absolute atomic E-state index is 0.0328. The van der Waals surface area contributed by atoms with Gasteiger partial charge in [-0.25, -0.2) is 0 Å². The largest absolute Gasteiger partial charge is 0.497 e. The standard InChI is InChI=1S/C16H18Cl2N2O/c1-10-7-13(21-2)5-6-14(10)16(20-19)8-11-3-4-12(17)9-15(11)18/h3-7,9,16,20H,8,19H2,1-2H3. The number of rotatable bonds is 5. The van der Waals surface area contributed by atoms with Crippen LogP contribution in [0, 0.1) is 6.92 Å². The Kier molecular flexibility index (Phi) is 5.48. The van der Waals surface area contributed by atoms with E-state index >= 15 is 0 Å². The fourth-order valence-electron chi connectivity index (χ4n) is 2.33. The van der Waals surface area contributed by atoms with Crippen LogP contribution in [0.5, 0.6) is 5.75 Å². The average molecular weight is 325 g/mol. The Morgan fingerprint density at radius 3 is 2.52 bits per heavy atom. The molecule has 2 rings (SSSR count). The first-order valence-corrected chi connectivity index (χ1v) is 7.35. The van der Waals surface area contributed by atoms with Crippen molar-refractivity contribution in [1.82, 2.24) is 5.43 Å². The van der Waals surface area contributed by atoms with Gasteiger partial charge in [0.15, 0.2) is 0 Å². The molecule has 0 amide bonds. The van der Waals surface area contributed by atoms with Crippen LogP contribution in [-0.2, 0) is 6.42 Å². The summed E-state index contributed by atoms with van der Waals surface area (Å²) in [6, 6.07) is 11.4. The first-order valence-electron chi connectivity index (χ1n) is 6.59. The van der Waals surface area contributed by atoms with E-state index in [2.05, 4.69) is 5.43 Å². The predicted octanol–water partition coefficient (Wildman–Crippen LogP) is 4.06. The SMILES string of the molecule is COc1ccc(C(Cc2ccc(Cl)cc2Cl)NN)c(C)c1. The Labute approximate surface area is 135 Å². The summed E-state index contributed by atoms with van der Waals surface area (Å²) in [5.41, 5.74) is 6.08. The van der Waals surface area contributed by atoms with Crippen molar-refractivity contribution in [2.24, 2.45) is 5.84 Å². The summed E-state index contributed by atoms with van der Waals surface area (Å²) in [7, 11) is 1.65. The zero-order valence-corrected chi connectivity index (χ0v) is 13.5. The number of benzene rings is 2. The Morgan fingerprint density at radius 2 is 1.95 bits per heavy atom. The molecule has 5 heteroatoms. The first-order chi connectivity index (χ1) is 10.0. The van der Waals surface area contributed by atoms with Gasteiger partial charge in [0.2, 0.25) is 0 Å². The van der Waals surface area contributed by atoms with Gasteiger partial charge in [0.1, 0.15) is 5.75 Å².